The lowest BCUT2D eigenvalue weighted by molar-refractivity contribution is 0.0897. The van der Waals surface area contributed by atoms with Gasteiger partial charge < -0.3 is 10.4 Å². The number of phenolic OH excluding ortho intramolecular Hbond substituents is 1. The lowest BCUT2D eigenvalue weighted by Crippen LogP contribution is -2.42. The van der Waals surface area contributed by atoms with Crippen molar-refractivity contribution in [2.45, 2.75) is 39.2 Å². The summed E-state index contributed by atoms with van der Waals surface area (Å²) in [5, 5.41) is 12.7. The van der Waals surface area contributed by atoms with Crippen molar-refractivity contribution < 1.29 is 9.90 Å². The molecule has 0 heterocycles. The molecule has 0 saturated heterocycles. The molecule has 1 amide bonds. The van der Waals surface area contributed by atoms with Gasteiger partial charge in [0.25, 0.3) is 5.91 Å². The zero-order valence-corrected chi connectivity index (χ0v) is 11.0. The van der Waals surface area contributed by atoms with Crippen molar-refractivity contribution in [1.29, 1.82) is 0 Å². The van der Waals surface area contributed by atoms with Gasteiger partial charge in [-0.2, -0.15) is 0 Å². The minimum atomic E-state index is -0.167. The van der Waals surface area contributed by atoms with Crippen LogP contribution in [0, 0.1) is 11.8 Å². The fraction of sp³-hybridized carbons (Fsp3) is 0.533. The van der Waals surface area contributed by atoms with Crippen molar-refractivity contribution in [1.82, 2.24) is 5.32 Å². The second-order valence-corrected chi connectivity index (χ2v) is 5.49. The highest BCUT2D eigenvalue weighted by Crippen LogP contribution is 2.29. The molecule has 2 rings (SSSR count). The number of para-hydroxylation sites is 1. The van der Waals surface area contributed by atoms with Crippen LogP contribution in [-0.2, 0) is 0 Å². The largest absolute Gasteiger partial charge is 0.507 e. The number of carbonyl (C=O) groups is 1. The Hall–Kier alpha value is -1.51. The Morgan fingerprint density at radius 2 is 2.00 bits per heavy atom. The summed E-state index contributed by atoms with van der Waals surface area (Å²) in [6.07, 6.45) is 3.35. The maximum atomic E-state index is 12.1. The quantitative estimate of drug-likeness (QED) is 0.844. The third-order valence-electron chi connectivity index (χ3n) is 3.90. The molecule has 1 fully saturated rings. The van der Waals surface area contributed by atoms with E-state index in [-0.39, 0.29) is 17.7 Å². The highest BCUT2D eigenvalue weighted by molar-refractivity contribution is 5.96. The highest BCUT2D eigenvalue weighted by atomic mass is 16.3. The average molecular weight is 247 g/mol. The van der Waals surface area contributed by atoms with Crippen LogP contribution in [-0.4, -0.2) is 17.1 Å². The Balaban J connectivity index is 2.02. The van der Waals surface area contributed by atoms with Crippen molar-refractivity contribution in [3.8, 4) is 5.75 Å². The summed E-state index contributed by atoms with van der Waals surface area (Å²) in [6, 6.07) is 6.91. The molecule has 3 heteroatoms. The van der Waals surface area contributed by atoms with Crippen molar-refractivity contribution in [3.63, 3.8) is 0 Å². The molecule has 0 aromatic heterocycles. The van der Waals surface area contributed by atoms with E-state index >= 15 is 0 Å². The van der Waals surface area contributed by atoms with Gasteiger partial charge in [0.1, 0.15) is 5.75 Å². The van der Waals surface area contributed by atoms with Crippen LogP contribution in [0.2, 0.25) is 0 Å². The van der Waals surface area contributed by atoms with Gasteiger partial charge in [0.2, 0.25) is 0 Å². The number of carbonyl (C=O) groups excluding carboxylic acids is 1. The number of benzene rings is 1. The molecule has 0 spiro atoms. The summed E-state index contributed by atoms with van der Waals surface area (Å²) >= 11 is 0. The number of phenols is 1. The number of amides is 1. The maximum absolute atomic E-state index is 12.1. The predicted molar refractivity (Wildman–Crippen MR) is 71.5 cm³/mol. The molecule has 1 aromatic carbocycles. The fourth-order valence-corrected chi connectivity index (χ4v) is 2.79. The molecule has 3 atom stereocenters. The van der Waals surface area contributed by atoms with E-state index in [4.69, 9.17) is 0 Å². The highest BCUT2D eigenvalue weighted by Gasteiger charge is 2.27. The molecule has 0 bridgehead atoms. The van der Waals surface area contributed by atoms with Gasteiger partial charge in [0.05, 0.1) is 5.56 Å². The molecule has 0 radical (unpaired) electrons. The predicted octanol–water partition coefficient (Wildman–Crippen LogP) is 2.95. The minimum absolute atomic E-state index is 0.0480. The Bertz CT molecular complexity index is 430. The van der Waals surface area contributed by atoms with Crippen LogP contribution in [0.25, 0.3) is 0 Å². The molecule has 1 aromatic rings. The van der Waals surface area contributed by atoms with Gasteiger partial charge in [-0.25, -0.2) is 0 Å². The molecule has 0 aliphatic heterocycles. The molecule has 2 N–H and O–H groups in total. The lowest BCUT2D eigenvalue weighted by Gasteiger charge is -2.33. The third-order valence-corrected chi connectivity index (χ3v) is 3.90. The SMILES string of the molecule is CC1CCC(NC(=O)c2ccccc2O)C(C)C1. The Kier molecular flexibility index (Phi) is 3.90. The van der Waals surface area contributed by atoms with Crippen LogP contribution in [0.5, 0.6) is 5.75 Å². The molecule has 3 nitrogen and oxygen atoms in total. The number of rotatable bonds is 2. The number of hydrogen-bond donors (Lipinski definition) is 2. The van der Waals surface area contributed by atoms with E-state index in [0.717, 1.165) is 25.2 Å². The normalized spacial score (nSPS) is 27.8. The summed E-state index contributed by atoms with van der Waals surface area (Å²) in [4.78, 5) is 12.1. The molecule has 1 saturated carbocycles. The van der Waals surface area contributed by atoms with Crippen molar-refractivity contribution >= 4 is 5.91 Å². The van der Waals surface area contributed by atoms with E-state index < -0.39 is 0 Å². The molecular formula is C15H21NO2. The molecule has 1 aliphatic carbocycles. The van der Waals surface area contributed by atoms with Crippen molar-refractivity contribution in [2.75, 3.05) is 0 Å². The van der Waals surface area contributed by atoms with Gasteiger partial charge >= 0.3 is 0 Å². The van der Waals surface area contributed by atoms with Gasteiger partial charge in [0, 0.05) is 6.04 Å². The van der Waals surface area contributed by atoms with E-state index in [1.807, 2.05) is 0 Å². The zero-order chi connectivity index (χ0) is 13.1. The maximum Gasteiger partial charge on any atom is 0.255 e. The van der Waals surface area contributed by atoms with Crippen LogP contribution in [0.3, 0.4) is 0 Å². The van der Waals surface area contributed by atoms with E-state index in [2.05, 4.69) is 19.2 Å². The van der Waals surface area contributed by atoms with Crippen molar-refractivity contribution in [3.05, 3.63) is 29.8 Å². The first kappa shape index (κ1) is 12.9. The molecule has 18 heavy (non-hydrogen) atoms. The lowest BCUT2D eigenvalue weighted by atomic mass is 9.80. The van der Waals surface area contributed by atoms with Crippen LogP contribution in [0.1, 0.15) is 43.5 Å². The first-order chi connectivity index (χ1) is 8.58. The summed E-state index contributed by atoms with van der Waals surface area (Å²) in [6.45, 7) is 4.45. The van der Waals surface area contributed by atoms with Crippen LogP contribution >= 0.6 is 0 Å². The Morgan fingerprint density at radius 1 is 1.28 bits per heavy atom. The van der Waals surface area contributed by atoms with Crippen molar-refractivity contribution in [2.24, 2.45) is 11.8 Å². The topological polar surface area (TPSA) is 49.3 Å². The van der Waals surface area contributed by atoms with Crippen LogP contribution < -0.4 is 5.32 Å². The van der Waals surface area contributed by atoms with E-state index in [0.29, 0.717) is 11.5 Å². The molecule has 98 valence electrons. The minimum Gasteiger partial charge on any atom is -0.507 e. The number of hydrogen-bond acceptors (Lipinski definition) is 2. The van der Waals surface area contributed by atoms with E-state index in [1.54, 1.807) is 24.3 Å². The molecule has 1 aliphatic rings. The smallest absolute Gasteiger partial charge is 0.255 e. The van der Waals surface area contributed by atoms with Crippen LogP contribution in [0.15, 0.2) is 24.3 Å². The average Bonchev–Trinajstić information content (AvgIpc) is 2.33. The first-order valence-corrected chi connectivity index (χ1v) is 6.66. The molecular weight excluding hydrogens is 226 g/mol. The summed E-state index contributed by atoms with van der Waals surface area (Å²) < 4.78 is 0. The van der Waals surface area contributed by atoms with Crippen LogP contribution in [0.4, 0.5) is 0 Å². The van der Waals surface area contributed by atoms with Gasteiger partial charge in [-0.05, 0) is 43.2 Å². The third kappa shape index (κ3) is 2.84. The Morgan fingerprint density at radius 3 is 2.67 bits per heavy atom. The first-order valence-electron chi connectivity index (χ1n) is 6.66. The second-order valence-electron chi connectivity index (χ2n) is 5.49. The van der Waals surface area contributed by atoms with Gasteiger partial charge in [-0.3, -0.25) is 4.79 Å². The Labute approximate surface area is 108 Å². The van der Waals surface area contributed by atoms with Gasteiger partial charge in [0.15, 0.2) is 0 Å². The number of aromatic hydroxyl groups is 1. The van der Waals surface area contributed by atoms with Gasteiger partial charge in [-0.1, -0.05) is 26.0 Å². The summed E-state index contributed by atoms with van der Waals surface area (Å²) in [5.74, 6) is 1.13. The summed E-state index contributed by atoms with van der Waals surface area (Å²) in [7, 11) is 0. The fourth-order valence-electron chi connectivity index (χ4n) is 2.79. The molecule has 3 unspecified atom stereocenters. The standard InChI is InChI=1S/C15H21NO2/c1-10-7-8-13(11(2)9-10)16-15(18)12-5-3-4-6-14(12)17/h3-6,10-11,13,17H,7-9H2,1-2H3,(H,16,18). The van der Waals surface area contributed by atoms with Gasteiger partial charge in [-0.15, -0.1) is 0 Å². The van der Waals surface area contributed by atoms with E-state index in [9.17, 15) is 9.90 Å². The monoisotopic (exact) mass is 247 g/mol. The van der Waals surface area contributed by atoms with E-state index in [1.165, 1.54) is 0 Å². The summed E-state index contributed by atoms with van der Waals surface area (Å²) in [5.41, 5.74) is 0.364. The zero-order valence-electron chi connectivity index (χ0n) is 11.0. The number of nitrogens with one attached hydrogen (secondary N) is 1. The second kappa shape index (κ2) is 5.42.